The summed E-state index contributed by atoms with van der Waals surface area (Å²) < 4.78 is 6.35. The van der Waals surface area contributed by atoms with Crippen molar-refractivity contribution in [2.24, 2.45) is 0 Å². The largest absolute Gasteiger partial charge is 0.456 e. The van der Waals surface area contributed by atoms with Gasteiger partial charge in [0.15, 0.2) is 0 Å². The molecule has 9 aromatic carbocycles. The quantitative estimate of drug-likeness (QED) is 0.146. The number of para-hydroxylation sites is 1. The first kappa shape index (κ1) is 34.8. The Morgan fingerprint density at radius 2 is 0.655 bits per heavy atom. The first-order valence-electron chi connectivity index (χ1n) is 19.7. The van der Waals surface area contributed by atoms with E-state index in [1.54, 1.807) is 0 Å². The zero-order chi connectivity index (χ0) is 38.7. The minimum Gasteiger partial charge on any atom is -0.456 e. The molecule has 0 unspecified atom stereocenters. The van der Waals surface area contributed by atoms with Crippen LogP contribution in [0.25, 0.3) is 77.9 Å². The fourth-order valence-corrected chi connectivity index (χ4v) is 7.93. The molecule has 0 aliphatic heterocycles. The molecule has 0 saturated heterocycles. The maximum absolute atomic E-state index is 6.35. The lowest BCUT2D eigenvalue weighted by atomic mass is 9.96. The molecule has 274 valence electrons. The number of furan rings is 1. The van der Waals surface area contributed by atoms with Gasteiger partial charge < -0.3 is 9.32 Å². The summed E-state index contributed by atoms with van der Waals surface area (Å²) in [4.78, 5) is 2.37. The van der Waals surface area contributed by atoms with Crippen LogP contribution >= 0.6 is 0 Å². The van der Waals surface area contributed by atoms with Crippen molar-refractivity contribution in [2.45, 2.75) is 0 Å². The first-order chi connectivity index (χ1) is 28.7. The van der Waals surface area contributed by atoms with Crippen LogP contribution in [0.1, 0.15) is 0 Å². The fourth-order valence-electron chi connectivity index (χ4n) is 7.93. The highest BCUT2D eigenvalue weighted by Crippen LogP contribution is 2.42. The van der Waals surface area contributed by atoms with Crippen molar-refractivity contribution in [3.8, 4) is 67.0 Å². The Morgan fingerprint density at radius 3 is 1.17 bits per heavy atom. The van der Waals surface area contributed by atoms with Crippen LogP contribution in [0.5, 0.6) is 0 Å². The highest BCUT2D eigenvalue weighted by atomic mass is 16.3. The number of hydrogen-bond donors (Lipinski definition) is 0. The van der Waals surface area contributed by atoms with Crippen LogP contribution in [0.3, 0.4) is 0 Å². The Hall–Kier alpha value is -7.68. The van der Waals surface area contributed by atoms with E-state index >= 15 is 0 Å². The molecule has 0 fully saturated rings. The highest BCUT2D eigenvalue weighted by molar-refractivity contribution is 5.90. The number of nitrogens with zero attached hydrogens (tertiary/aromatic N) is 1. The topological polar surface area (TPSA) is 16.4 Å². The van der Waals surface area contributed by atoms with Crippen molar-refractivity contribution in [3.63, 3.8) is 0 Å². The van der Waals surface area contributed by atoms with Gasteiger partial charge >= 0.3 is 0 Å². The molecule has 0 aliphatic carbocycles. The van der Waals surface area contributed by atoms with Crippen LogP contribution in [0.15, 0.2) is 241 Å². The number of fused-ring (bicyclic) bond motifs is 1. The van der Waals surface area contributed by atoms with E-state index in [0.29, 0.717) is 0 Å². The van der Waals surface area contributed by atoms with Gasteiger partial charge in [-0.15, -0.1) is 0 Å². The molecule has 1 aromatic heterocycles. The summed E-state index contributed by atoms with van der Waals surface area (Å²) in [5, 5.41) is 1.10. The van der Waals surface area contributed by atoms with Crippen LogP contribution in [0, 0.1) is 0 Å². The molecule has 10 rings (SSSR count). The molecule has 10 aromatic rings. The van der Waals surface area contributed by atoms with E-state index in [9.17, 15) is 0 Å². The third-order valence-electron chi connectivity index (χ3n) is 10.9. The molecule has 0 atom stereocenters. The number of rotatable bonds is 9. The second-order valence-electron chi connectivity index (χ2n) is 14.6. The van der Waals surface area contributed by atoms with Gasteiger partial charge in [-0.1, -0.05) is 182 Å². The summed E-state index contributed by atoms with van der Waals surface area (Å²) in [5.74, 6) is 0.864. The van der Waals surface area contributed by atoms with Crippen LogP contribution in [0.4, 0.5) is 17.1 Å². The summed E-state index contributed by atoms with van der Waals surface area (Å²) in [5.41, 5.74) is 16.9. The molecule has 0 spiro atoms. The predicted molar refractivity (Wildman–Crippen MR) is 244 cm³/mol. The van der Waals surface area contributed by atoms with Crippen LogP contribution in [-0.2, 0) is 0 Å². The van der Waals surface area contributed by atoms with E-state index in [1.807, 2.05) is 18.2 Å². The second-order valence-corrected chi connectivity index (χ2v) is 14.6. The van der Waals surface area contributed by atoms with E-state index < -0.39 is 0 Å². The minimum atomic E-state index is 0.864. The van der Waals surface area contributed by atoms with Crippen molar-refractivity contribution >= 4 is 28.0 Å². The van der Waals surface area contributed by atoms with Gasteiger partial charge in [-0.2, -0.15) is 0 Å². The van der Waals surface area contributed by atoms with E-state index in [0.717, 1.165) is 61.6 Å². The Kier molecular flexibility index (Phi) is 9.27. The first-order valence-corrected chi connectivity index (χ1v) is 19.7. The minimum absolute atomic E-state index is 0.864. The molecular formula is C56H39NO. The third-order valence-corrected chi connectivity index (χ3v) is 10.9. The summed E-state index contributed by atoms with van der Waals surface area (Å²) >= 11 is 0. The molecule has 0 saturated carbocycles. The summed E-state index contributed by atoms with van der Waals surface area (Å²) in [6.07, 6.45) is 0. The fraction of sp³-hybridized carbons (Fsp3) is 0. The summed E-state index contributed by atoms with van der Waals surface area (Å²) in [6.45, 7) is 0. The molecule has 2 heteroatoms. The van der Waals surface area contributed by atoms with E-state index in [4.69, 9.17) is 4.42 Å². The van der Waals surface area contributed by atoms with Crippen molar-refractivity contribution in [2.75, 3.05) is 4.90 Å². The normalized spacial score (nSPS) is 11.1. The maximum atomic E-state index is 6.35. The zero-order valence-corrected chi connectivity index (χ0v) is 31.9. The lowest BCUT2D eigenvalue weighted by Gasteiger charge is -2.27. The molecule has 2 nitrogen and oxygen atoms in total. The maximum Gasteiger partial charge on any atom is 0.136 e. The predicted octanol–water partition coefficient (Wildman–Crippen LogP) is 15.9. The van der Waals surface area contributed by atoms with Crippen LogP contribution in [-0.4, -0.2) is 0 Å². The van der Waals surface area contributed by atoms with E-state index in [1.165, 1.54) is 33.4 Å². The summed E-state index contributed by atoms with van der Waals surface area (Å²) in [7, 11) is 0. The molecule has 0 bridgehead atoms. The molecule has 0 aliphatic rings. The molecule has 58 heavy (non-hydrogen) atoms. The molecule has 0 N–H and O–H groups in total. The molecule has 0 amide bonds. The molecule has 0 radical (unpaired) electrons. The Morgan fingerprint density at radius 1 is 0.259 bits per heavy atom. The molecular weight excluding hydrogens is 703 g/mol. The van der Waals surface area contributed by atoms with E-state index in [2.05, 4.69) is 223 Å². The van der Waals surface area contributed by atoms with Gasteiger partial charge in [-0.3, -0.25) is 0 Å². The second kappa shape index (κ2) is 15.5. The Balaban J connectivity index is 1.07. The molecule has 1 heterocycles. The Bertz CT molecular complexity index is 2860. The van der Waals surface area contributed by atoms with Crippen molar-refractivity contribution in [3.05, 3.63) is 237 Å². The lowest BCUT2D eigenvalue weighted by Crippen LogP contribution is -2.10. The van der Waals surface area contributed by atoms with Gasteiger partial charge in [0.25, 0.3) is 0 Å². The van der Waals surface area contributed by atoms with Gasteiger partial charge in [0, 0.05) is 28.0 Å². The van der Waals surface area contributed by atoms with Crippen LogP contribution < -0.4 is 4.90 Å². The van der Waals surface area contributed by atoms with Crippen molar-refractivity contribution in [1.29, 1.82) is 0 Å². The van der Waals surface area contributed by atoms with Gasteiger partial charge in [0.2, 0.25) is 0 Å². The van der Waals surface area contributed by atoms with E-state index in [-0.39, 0.29) is 0 Å². The SMILES string of the molecule is c1ccc(-c2ccc(-c3ccc(N(c4ccc(-c5ccccc5-c5cc6ccccc6o5)cc4)c4cc(-c5ccccc5)cc(-c5ccccc5)c4)cc3)cc2)cc1. The monoisotopic (exact) mass is 741 g/mol. The number of hydrogen-bond acceptors (Lipinski definition) is 2. The average Bonchev–Trinajstić information content (AvgIpc) is 3.75. The summed E-state index contributed by atoms with van der Waals surface area (Å²) in [6, 6.07) is 84.3. The smallest absolute Gasteiger partial charge is 0.136 e. The number of anilines is 3. The Labute approximate surface area is 339 Å². The standard InChI is InChI=1S/C56H39NO/c1-4-14-40(15-5-1)43-24-26-44(27-25-43)45-28-32-50(33-29-45)57(52-37-48(41-16-6-2-7-17-41)36-49(38-52)42-18-8-3-9-19-42)51-34-30-46(31-35-51)53-21-11-12-22-54(53)56-39-47-20-10-13-23-55(47)58-56/h1-39H. The average molecular weight is 742 g/mol. The van der Waals surface area contributed by atoms with Gasteiger partial charge in [-0.25, -0.2) is 0 Å². The van der Waals surface area contributed by atoms with Gasteiger partial charge in [0.05, 0.1) is 0 Å². The van der Waals surface area contributed by atoms with Crippen molar-refractivity contribution < 1.29 is 4.42 Å². The van der Waals surface area contributed by atoms with Crippen molar-refractivity contribution in [1.82, 2.24) is 0 Å². The van der Waals surface area contributed by atoms with Gasteiger partial charge in [0.1, 0.15) is 11.3 Å². The van der Waals surface area contributed by atoms with Gasteiger partial charge in [-0.05, 0) is 110 Å². The third kappa shape index (κ3) is 7.00. The lowest BCUT2D eigenvalue weighted by molar-refractivity contribution is 0.632. The zero-order valence-electron chi connectivity index (χ0n) is 31.9. The highest BCUT2D eigenvalue weighted by Gasteiger charge is 2.18. The number of benzene rings is 9. The van der Waals surface area contributed by atoms with Crippen LogP contribution in [0.2, 0.25) is 0 Å².